The van der Waals surface area contributed by atoms with Crippen molar-refractivity contribution in [2.45, 2.75) is 48.2 Å². The normalized spacial score (nSPS) is 25.3. The zero-order valence-electron chi connectivity index (χ0n) is 9.95. The largest absolute Gasteiger partial charge is 0.250 e. The van der Waals surface area contributed by atoms with E-state index >= 15 is 0 Å². The lowest BCUT2D eigenvalue weighted by molar-refractivity contribution is 0.417. The van der Waals surface area contributed by atoms with Crippen LogP contribution in [0.4, 0.5) is 0 Å². The van der Waals surface area contributed by atoms with Gasteiger partial charge in [0, 0.05) is 11.4 Å². The molecule has 1 aliphatic rings. The molecule has 7 heteroatoms. The predicted molar refractivity (Wildman–Crippen MR) is 79.0 cm³/mol. The van der Waals surface area contributed by atoms with Crippen molar-refractivity contribution in [3.05, 3.63) is 15.4 Å². The molecule has 102 valence electrons. The Bertz CT molecular complexity index is 502. The van der Waals surface area contributed by atoms with Gasteiger partial charge in [0.05, 0.1) is 3.79 Å². The van der Waals surface area contributed by atoms with E-state index < -0.39 is 10.0 Å². The molecule has 1 saturated carbocycles. The molecule has 0 saturated heterocycles. The van der Waals surface area contributed by atoms with E-state index in [1.54, 1.807) is 6.07 Å². The van der Waals surface area contributed by atoms with E-state index in [-0.39, 0.29) is 11.4 Å². The van der Waals surface area contributed by atoms with Crippen molar-refractivity contribution in [1.82, 2.24) is 4.72 Å². The molecule has 3 nitrogen and oxygen atoms in total. The quantitative estimate of drug-likeness (QED) is 0.823. The lowest BCUT2D eigenvalue weighted by Crippen LogP contribution is -2.37. The van der Waals surface area contributed by atoms with Gasteiger partial charge in [-0.15, -0.1) is 22.9 Å². The maximum Gasteiger partial charge on any atom is 0.250 e. The highest BCUT2D eigenvalue weighted by molar-refractivity contribution is 9.11. The van der Waals surface area contributed by atoms with Crippen LogP contribution in [0.3, 0.4) is 0 Å². The Morgan fingerprint density at radius 1 is 1.39 bits per heavy atom. The van der Waals surface area contributed by atoms with Gasteiger partial charge in [-0.1, -0.05) is 0 Å². The van der Waals surface area contributed by atoms with Gasteiger partial charge in [-0.25, -0.2) is 13.1 Å². The van der Waals surface area contributed by atoms with Crippen LogP contribution < -0.4 is 4.72 Å². The van der Waals surface area contributed by atoms with E-state index in [2.05, 4.69) is 20.7 Å². The van der Waals surface area contributed by atoms with Crippen LogP contribution in [0.1, 0.15) is 31.2 Å². The summed E-state index contributed by atoms with van der Waals surface area (Å²) in [6.07, 6.45) is 3.39. The summed E-state index contributed by atoms with van der Waals surface area (Å²) < 4.78 is 28.4. The average Bonchev–Trinajstić information content (AvgIpc) is 2.63. The number of nitrogens with one attached hydrogen (secondary N) is 1. The highest BCUT2D eigenvalue weighted by Crippen LogP contribution is 2.31. The molecule has 1 heterocycles. The van der Waals surface area contributed by atoms with Crippen molar-refractivity contribution >= 4 is 48.9 Å². The van der Waals surface area contributed by atoms with Crippen molar-refractivity contribution < 1.29 is 8.42 Å². The number of aryl methyl sites for hydroxylation is 1. The van der Waals surface area contributed by atoms with Crippen LogP contribution >= 0.6 is 38.9 Å². The number of alkyl halides is 1. The summed E-state index contributed by atoms with van der Waals surface area (Å²) in [7, 11) is -3.38. The van der Waals surface area contributed by atoms with E-state index in [4.69, 9.17) is 11.6 Å². The fourth-order valence-corrected chi connectivity index (χ4v) is 5.81. The molecular formula is C11H15BrClNO2S2. The molecule has 0 spiro atoms. The summed E-state index contributed by atoms with van der Waals surface area (Å²) in [5.74, 6) is 0. The van der Waals surface area contributed by atoms with Gasteiger partial charge in [-0.3, -0.25) is 0 Å². The molecule has 1 aromatic rings. The van der Waals surface area contributed by atoms with Crippen LogP contribution in [0, 0.1) is 6.92 Å². The van der Waals surface area contributed by atoms with E-state index in [0.717, 1.165) is 35.0 Å². The van der Waals surface area contributed by atoms with Crippen molar-refractivity contribution in [2.24, 2.45) is 0 Å². The molecule has 0 aromatic carbocycles. The Kier molecular flexibility index (Phi) is 4.75. The smallest absolute Gasteiger partial charge is 0.207 e. The molecule has 0 bridgehead atoms. The number of hydrogen-bond acceptors (Lipinski definition) is 3. The van der Waals surface area contributed by atoms with Gasteiger partial charge in [-0.05, 0) is 60.2 Å². The highest BCUT2D eigenvalue weighted by Gasteiger charge is 2.26. The van der Waals surface area contributed by atoms with Gasteiger partial charge in [0.15, 0.2) is 0 Å². The SMILES string of the molecule is Cc1cc(S(=O)(=O)NC2CCC(Cl)CC2)sc1Br. The van der Waals surface area contributed by atoms with Crippen LogP contribution in [-0.2, 0) is 10.0 Å². The fraction of sp³-hybridized carbons (Fsp3) is 0.636. The summed E-state index contributed by atoms with van der Waals surface area (Å²) in [5.41, 5.74) is 0.949. The first-order chi connectivity index (χ1) is 8.38. The van der Waals surface area contributed by atoms with E-state index in [1.165, 1.54) is 11.3 Å². The fourth-order valence-electron chi connectivity index (χ4n) is 2.01. The molecular weight excluding hydrogens is 358 g/mol. The number of hydrogen-bond donors (Lipinski definition) is 1. The molecule has 18 heavy (non-hydrogen) atoms. The molecule has 1 N–H and O–H groups in total. The summed E-state index contributed by atoms with van der Waals surface area (Å²) >= 11 is 10.6. The van der Waals surface area contributed by atoms with Gasteiger partial charge in [0.25, 0.3) is 0 Å². The topological polar surface area (TPSA) is 46.2 Å². The zero-order chi connectivity index (χ0) is 13.3. The first kappa shape index (κ1) is 14.8. The van der Waals surface area contributed by atoms with E-state index in [0.29, 0.717) is 4.21 Å². The first-order valence-corrected chi connectivity index (χ1v) is 9.34. The molecule has 2 rings (SSSR count). The molecule has 1 aromatic heterocycles. The number of rotatable bonds is 3. The van der Waals surface area contributed by atoms with Gasteiger partial charge >= 0.3 is 0 Å². The lowest BCUT2D eigenvalue weighted by atomic mass is 9.96. The van der Waals surface area contributed by atoms with Crippen LogP contribution in [0.15, 0.2) is 14.1 Å². The molecule has 1 fully saturated rings. The monoisotopic (exact) mass is 371 g/mol. The Hall–Kier alpha value is 0.380. The van der Waals surface area contributed by atoms with Crippen molar-refractivity contribution in [3.8, 4) is 0 Å². The van der Waals surface area contributed by atoms with Crippen molar-refractivity contribution in [2.75, 3.05) is 0 Å². The second-order valence-corrected chi connectivity index (χ2v) is 9.52. The summed E-state index contributed by atoms with van der Waals surface area (Å²) in [6.45, 7) is 1.89. The molecule has 0 amide bonds. The molecule has 0 unspecified atom stereocenters. The summed E-state index contributed by atoms with van der Waals surface area (Å²) in [4.78, 5) is 0. The minimum Gasteiger partial charge on any atom is -0.207 e. The highest BCUT2D eigenvalue weighted by atomic mass is 79.9. The van der Waals surface area contributed by atoms with Crippen LogP contribution in [-0.4, -0.2) is 19.8 Å². The second kappa shape index (κ2) is 5.79. The number of thiophene rings is 1. The maximum atomic E-state index is 12.2. The van der Waals surface area contributed by atoms with E-state index in [9.17, 15) is 8.42 Å². The Labute approximate surface area is 125 Å². The third-order valence-electron chi connectivity index (χ3n) is 3.08. The third kappa shape index (κ3) is 3.48. The van der Waals surface area contributed by atoms with Gasteiger partial charge in [0.2, 0.25) is 10.0 Å². The van der Waals surface area contributed by atoms with Gasteiger partial charge in [-0.2, -0.15) is 0 Å². The minimum atomic E-state index is -3.38. The Morgan fingerprint density at radius 3 is 2.50 bits per heavy atom. The lowest BCUT2D eigenvalue weighted by Gasteiger charge is -2.25. The maximum absolute atomic E-state index is 12.2. The predicted octanol–water partition coefficient (Wildman–Crippen LogP) is 3.65. The average molecular weight is 373 g/mol. The van der Waals surface area contributed by atoms with Crippen molar-refractivity contribution in [3.63, 3.8) is 0 Å². The molecule has 1 aliphatic carbocycles. The minimum absolute atomic E-state index is 0.0196. The Balaban J connectivity index is 2.08. The summed E-state index contributed by atoms with van der Waals surface area (Å²) in [6, 6.07) is 1.72. The second-order valence-electron chi connectivity index (χ2n) is 4.59. The van der Waals surface area contributed by atoms with Gasteiger partial charge in [0.1, 0.15) is 4.21 Å². The third-order valence-corrected chi connectivity index (χ3v) is 7.65. The van der Waals surface area contributed by atoms with E-state index in [1.807, 2.05) is 6.92 Å². The number of sulfonamides is 1. The Morgan fingerprint density at radius 2 is 2.00 bits per heavy atom. The molecule has 0 radical (unpaired) electrons. The first-order valence-electron chi connectivity index (χ1n) is 5.81. The van der Waals surface area contributed by atoms with Crippen molar-refractivity contribution in [1.29, 1.82) is 0 Å². The molecule has 0 atom stereocenters. The molecule has 0 aliphatic heterocycles. The number of halogens is 2. The van der Waals surface area contributed by atoms with Crippen LogP contribution in [0.5, 0.6) is 0 Å². The van der Waals surface area contributed by atoms with Crippen LogP contribution in [0.25, 0.3) is 0 Å². The summed E-state index contributed by atoms with van der Waals surface area (Å²) in [5, 5.41) is 0.198. The zero-order valence-corrected chi connectivity index (χ0v) is 13.9. The van der Waals surface area contributed by atoms with Gasteiger partial charge < -0.3 is 0 Å². The van der Waals surface area contributed by atoms with Crippen LogP contribution in [0.2, 0.25) is 0 Å². The standard InChI is InChI=1S/C11H15BrClNO2S2/c1-7-6-10(17-11(7)12)18(15,16)14-9-4-2-8(13)3-5-9/h6,8-9,14H,2-5H2,1H3.